The summed E-state index contributed by atoms with van der Waals surface area (Å²) in [5.41, 5.74) is 0. The van der Waals surface area contributed by atoms with E-state index in [2.05, 4.69) is 10.3 Å². The molecule has 1 heterocycles. The van der Waals surface area contributed by atoms with Gasteiger partial charge in [0.1, 0.15) is 6.54 Å². The number of nitrogens with one attached hydrogen (secondary N) is 1. The minimum Gasteiger partial charge on any atom is -0.381 e. The summed E-state index contributed by atoms with van der Waals surface area (Å²) >= 11 is 0. The van der Waals surface area contributed by atoms with Gasteiger partial charge in [0.15, 0.2) is 5.96 Å². The molecule has 1 fully saturated rings. The fraction of sp³-hybridized carbons (Fsp3) is 0.909. The van der Waals surface area contributed by atoms with Gasteiger partial charge in [0.05, 0.1) is 6.61 Å². The minimum atomic E-state index is -2.40. The summed E-state index contributed by atoms with van der Waals surface area (Å²) in [7, 11) is 1.87. The quantitative estimate of drug-likeness (QED) is 0.451. The molecule has 0 aliphatic carbocycles. The van der Waals surface area contributed by atoms with Crippen LogP contribution in [0.3, 0.4) is 0 Å². The Balaban J connectivity index is 0.00000289. The molecule has 1 saturated heterocycles. The first kappa shape index (κ1) is 17.8. The Kier molecular flexibility index (Phi) is 9.61. The van der Waals surface area contributed by atoms with Crippen molar-refractivity contribution in [1.29, 1.82) is 0 Å². The van der Waals surface area contributed by atoms with Crippen LogP contribution in [0.4, 0.5) is 8.78 Å². The Morgan fingerprint density at radius 3 is 2.78 bits per heavy atom. The van der Waals surface area contributed by atoms with Crippen LogP contribution in [0.25, 0.3) is 0 Å². The van der Waals surface area contributed by atoms with Gasteiger partial charge in [0, 0.05) is 32.7 Å². The van der Waals surface area contributed by atoms with Crippen molar-refractivity contribution in [3.8, 4) is 0 Å². The topological polar surface area (TPSA) is 36.9 Å². The van der Waals surface area contributed by atoms with Crippen molar-refractivity contribution in [2.75, 3.05) is 39.9 Å². The van der Waals surface area contributed by atoms with E-state index in [4.69, 9.17) is 4.74 Å². The molecule has 1 N–H and O–H groups in total. The fourth-order valence-corrected chi connectivity index (χ4v) is 1.83. The van der Waals surface area contributed by atoms with Gasteiger partial charge in [-0.3, -0.25) is 0 Å². The molecule has 18 heavy (non-hydrogen) atoms. The largest absolute Gasteiger partial charge is 0.381 e. The van der Waals surface area contributed by atoms with Gasteiger partial charge in [-0.15, -0.1) is 24.0 Å². The lowest BCUT2D eigenvalue weighted by molar-refractivity contribution is 0.158. The molecule has 0 radical (unpaired) electrons. The summed E-state index contributed by atoms with van der Waals surface area (Å²) in [5, 5.41) is 3.01. The maximum absolute atomic E-state index is 12.1. The van der Waals surface area contributed by atoms with Gasteiger partial charge in [-0.25, -0.2) is 13.8 Å². The highest BCUT2D eigenvalue weighted by atomic mass is 127. The van der Waals surface area contributed by atoms with Gasteiger partial charge in [-0.1, -0.05) is 0 Å². The lowest BCUT2D eigenvalue weighted by Crippen LogP contribution is -2.41. The number of aliphatic imine (C=N–C) groups is 1. The maximum Gasteiger partial charge on any atom is 0.257 e. The molecule has 108 valence electrons. The zero-order valence-corrected chi connectivity index (χ0v) is 13.2. The Morgan fingerprint density at radius 2 is 2.28 bits per heavy atom. The van der Waals surface area contributed by atoms with Crippen molar-refractivity contribution in [2.24, 2.45) is 10.9 Å². The van der Waals surface area contributed by atoms with E-state index < -0.39 is 13.0 Å². The van der Waals surface area contributed by atoms with E-state index in [1.807, 2.05) is 18.9 Å². The monoisotopic (exact) mass is 377 g/mol. The van der Waals surface area contributed by atoms with Gasteiger partial charge in [0.25, 0.3) is 6.43 Å². The van der Waals surface area contributed by atoms with Gasteiger partial charge in [-0.05, 0) is 13.3 Å². The van der Waals surface area contributed by atoms with Crippen LogP contribution < -0.4 is 5.32 Å². The molecule has 4 nitrogen and oxygen atoms in total. The number of nitrogens with zero attached hydrogens (tertiary/aromatic N) is 2. The molecule has 1 unspecified atom stereocenters. The predicted octanol–water partition coefficient (Wildman–Crippen LogP) is 1.80. The number of guanidine groups is 1. The molecule has 0 aromatic heterocycles. The van der Waals surface area contributed by atoms with Crippen LogP contribution in [0.15, 0.2) is 4.99 Å². The van der Waals surface area contributed by atoms with Crippen LogP contribution in [-0.2, 0) is 4.74 Å². The molecule has 7 heteroatoms. The molecular weight excluding hydrogens is 355 g/mol. The Bertz CT molecular complexity index is 248. The van der Waals surface area contributed by atoms with Crippen LogP contribution in [0.2, 0.25) is 0 Å². The van der Waals surface area contributed by atoms with E-state index in [1.165, 1.54) is 0 Å². The summed E-state index contributed by atoms with van der Waals surface area (Å²) < 4.78 is 29.5. The van der Waals surface area contributed by atoms with E-state index in [0.29, 0.717) is 18.4 Å². The van der Waals surface area contributed by atoms with Crippen LogP contribution in [0, 0.1) is 5.92 Å². The highest BCUT2D eigenvalue weighted by Crippen LogP contribution is 2.13. The van der Waals surface area contributed by atoms with Gasteiger partial charge in [0.2, 0.25) is 0 Å². The summed E-state index contributed by atoms with van der Waals surface area (Å²) in [6, 6.07) is 0. The SMILES string of the molecule is CCNC(=NCC(F)F)N(C)CC1CCOC1.I. The van der Waals surface area contributed by atoms with Crippen LogP contribution in [-0.4, -0.2) is 57.2 Å². The molecule has 1 rings (SSSR count). The second-order valence-electron chi connectivity index (χ2n) is 4.20. The zero-order valence-electron chi connectivity index (χ0n) is 10.9. The molecular formula is C11H22F2IN3O. The first-order valence-corrected chi connectivity index (χ1v) is 5.98. The third-order valence-electron chi connectivity index (χ3n) is 2.63. The first-order valence-electron chi connectivity index (χ1n) is 5.98. The molecule has 1 aliphatic heterocycles. The van der Waals surface area contributed by atoms with Crippen molar-refractivity contribution in [2.45, 2.75) is 19.8 Å². The van der Waals surface area contributed by atoms with Crippen LogP contribution in [0.5, 0.6) is 0 Å². The van der Waals surface area contributed by atoms with E-state index in [0.717, 1.165) is 26.2 Å². The number of hydrogen-bond acceptors (Lipinski definition) is 2. The number of hydrogen-bond donors (Lipinski definition) is 1. The van der Waals surface area contributed by atoms with E-state index in [-0.39, 0.29) is 24.0 Å². The molecule has 0 aromatic carbocycles. The molecule has 1 atom stereocenters. The summed E-state index contributed by atoms with van der Waals surface area (Å²) in [6.07, 6.45) is -1.37. The third kappa shape index (κ3) is 6.67. The molecule has 1 aliphatic rings. The van der Waals surface area contributed by atoms with E-state index in [9.17, 15) is 8.78 Å². The average molecular weight is 377 g/mol. The maximum atomic E-state index is 12.1. The lowest BCUT2D eigenvalue weighted by Gasteiger charge is -2.24. The van der Waals surface area contributed by atoms with Crippen LogP contribution in [0.1, 0.15) is 13.3 Å². The molecule has 0 spiro atoms. The minimum absolute atomic E-state index is 0. The van der Waals surface area contributed by atoms with Crippen LogP contribution >= 0.6 is 24.0 Å². The third-order valence-corrected chi connectivity index (χ3v) is 2.63. The summed E-state index contributed by atoms with van der Waals surface area (Å²) in [6.45, 7) is 4.47. The fourth-order valence-electron chi connectivity index (χ4n) is 1.83. The van der Waals surface area contributed by atoms with Gasteiger partial charge < -0.3 is 15.0 Å². The molecule has 0 amide bonds. The molecule has 0 bridgehead atoms. The van der Waals surface area contributed by atoms with Crippen molar-refractivity contribution < 1.29 is 13.5 Å². The van der Waals surface area contributed by atoms with E-state index >= 15 is 0 Å². The number of rotatable bonds is 5. The number of ether oxygens (including phenoxy) is 1. The van der Waals surface area contributed by atoms with E-state index in [1.54, 1.807) is 0 Å². The standard InChI is InChI=1S/C11H21F2N3O.HI/c1-3-14-11(15-6-10(12)13)16(2)7-9-4-5-17-8-9;/h9-10H,3-8H2,1-2H3,(H,14,15);1H. The zero-order chi connectivity index (χ0) is 12.7. The first-order chi connectivity index (χ1) is 8.13. The van der Waals surface area contributed by atoms with Gasteiger partial charge >= 0.3 is 0 Å². The number of alkyl halides is 2. The Morgan fingerprint density at radius 1 is 1.56 bits per heavy atom. The smallest absolute Gasteiger partial charge is 0.257 e. The number of halogens is 3. The Hall–Kier alpha value is -0.180. The second-order valence-corrected chi connectivity index (χ2v) is 4.20. The summed E-state index contributed by atoms with van der Waals surface area (Å²) in [5.74, 6) is 1.01. The van der Waals surface area contributed by atoms with Crippen molar-refractivity contribution in [3.63, 3.8) is 0 Å². The average Bonchev–Trinajstić information content (AvgIpc) is 2.76. The highest BCUT2D eigenvalue weighted by molar-refractivity contribution is 14.0. The normalized spacial score (nSPS) is 19.8. The predicted molar refractivity (Wildman–Crippen MR) is 79.0 cm³/mol. The second kappa shape index (κ2) is 9.71. The van der Waals surface area contributed by atoms with Crippen molar-refractivity contribution in [1.82, 2.24) is 10.2 Å². The van der Waals surface area contributed by atoms with Gasteiger partial charge in [-0.2, -0.15) is 0 Å². The summed E-state index contributed by atoms with van der Waals surface area (Å²) in [4.78, 5) is 5.79. The van der Waals surface area contributed by atoms with Crippen molar-refractivity contribution in [3.05, 3.63) is 0 Å². The molecule has 0 saturated carbocycles. The molecule has 0 aromatic rings. The highest BCUT2D eigenvalue weighted by Gasteiger charge is 2.19. The Labute approximate surface area is 124 Å². The van der Waals surface area contributed by atoms with Crippen molar-refractivity contribution >= 4 is 29.9 Å². The lowest BCUT2D eigenvalue weighted by atomic mass is 10.1.